The van der Waals surface area contributed by atoms with Crippen LogP contribution in [0, 0.1) is 0 Å². The summed E-state index contributed by atoms with van der Waals surface area (Å²) < 4.78 is 0. The molecule has 2 aromatic heterocycles. The van der Waals surface area contributed by atoms with E-state index in [-0.39, 0.29) is 18.5 Å². The highest BCUT2D eigenvalue weighted by molar-refractivity contribution is 7.16. The van der Waals surface area contributed by atoms with Gasteiger partial charge in [-0.15, -0.1) is 11.3 Å². The zero-order chi connectivity index (χ0) is 16.4. The van der Waals surface area contributed by atoms with Gasteiger partial charge in [-0.1, -0.05) is 0 Å². The van der Waals surface area contributed by atoms with E-state index in [0.717, 1.165) is 29.0 Å². The molecular weight excluding hydrogens is 316 g/mol. The zero-order valence-corrected chi connectivity index (χ0v) is 13.6. The van der Waals surface area contributed by atoms with Gasteiger partial charge in [0, 0.05) is 13.1 Å². The molecule has 0 spiro atoms. The van der Waals surface area contributed by atoms with Crippen molar-refractivity contribution in [2.24, 2.45) is 0 Å². The monoisotopic (exact) mass is 334 g/mol. The standard InChI is InChI=1S/C15H18N4O3S/c1-2-18(8-12(20)21)15(22)11-4-3-6-19(11)13-10-5-7-23-14(10)17-9-16-13/h5,7,9,11H,2-4,6,8H2,1H3,(H,20,21). The number of anilines is 1. The summed E-state index contributed by atoms with van der Waals surface area (Å²) in [5.74, 6) is -0.375. The highest BCUT2D eigenvalue weighted by atomic mass is 32.1. The highest BCUT2D eigenvalue weighted by Crippen LogP contribution is 2.32. The molecule has 7 nitrogen and oxygen atoms in total. The molecule has 1 saturated heterocycles. The van der Waals surface area contributed by atoms with E-state index < -0.39 is 5.97 Å². The van der Waals surface area contributed by atoms with Crippen LogP contribution in [0.15, 0.2) is 17.8 Å². The molecule has 1 amide bonds. The average molecular weight is 334 g/mol. The van der Waals surface area contributed by atoms with Gasteiger partial charge < -0.3 is 14.9 Å². The van der Waals surface area contributed by atoms with Crippen molar-refractivity contribution in [2.75, 3.05) is 24.5 Å². The Labute approximate surface area is 137 Å². The number of amides is 1. The molecule has 1 unspecified atom stereocenters. The summed E-state index contributed by atoms with van der Waals surface area (Å²) in [6.07, 6.45) is 3.12. The fourth-order valence-electron chi connectivity index (χ4n) is 3.00. The van der Waals surface area contributed by atoms with Crippen molar-refractivity contribution >= 4 is 39.2 Å². The molecule has 1 fully saturated rings. The number of hydrogen-bond acceptors (Lipinski definition) is 6. The summed E-state index contributed by atoms with van der Waals surface area (Å²) in [5, 5.41) is 11.9. The third-order valence-corrected chi connectivity index (χ3v) is 4.89. The summed E-state index contributed by atoms with van der Waals surface area (Å²) in [6, 6.07) is 1.61. The van der Waals surface area contributed by atoms with Crippen LogP contribution in [0.1, 0.15) is 19.8 Å². The van der Waals surface area contributed by atoms with Crippen LogP contribution in [0.5, 0.6) is 0 Å². The van der Waals surface area contributed by atoms with Crippen molar-refractivity contribution < 1.29 is 14.7 Å². The predicted molar refractivity (Wildman–Crippen MR) is 87.7 cm³/mol. The largest absolute Gasteiger partial charge is 0.480 e. The second-order valence-electron chi connectivity index (χ2n) is 5.43. The molecule has 0 radical (unpaired) electrons. The predicted octanol–water partition coefficient (Wildman–Crippen LogP) is 1.59. The number of carboxylic acid groups (broad SMARTS) is 1. The number of fused-ring (bicyclic) bond motifs is 1. The fraction of sp³-hybridized carbons (Fsp3) is 0.467. The van der Waals surface area contributed by atoms with E-state index in [9.17, 15) is 9.59 Å². The molecule has 8 heteroatoms. The van der Waals surface area contributed by atoms with E-state index in [0.29, 0.717) is 13.0 Å². The van der Waals surface area contributed by atoms with Gasteiger partial charge in [0.2, 0.25) is 5.91 Å². The molecule has 122 valence electrons. The molecule has 1 aliphatic rings. The molecule has 1 N–H and O–H groups in total. The molecule has 3 rings (SSSR count). The van der Waals surface area contributed by atoms with Gasteiger partial charge in [0.05, 0.1) is 5.39 Å². The maximum atomic E-state index is 12.8. The number of carbonyl (C=O) groups excluding carboxylic acids is 1. The Morgan fingerprint density at radius 1 is 1.48 bits per heavy atom. The number of carbonyl (C=O) groups is 2. The van der Waals surface area contributed by atoms with Crippen LogP contribution in [0.25, 0.3) is 10.2 Å². The summed E-state index contributed by atoms with van der Waals surface area (Å²) in [6.45, 7) is 2.65. The van der Waals surface area contributed by atoms with Crippen LogP contribution in [0.4, 0.5) is 5.82 Å². The third kappa shape index (κ3) is 2.98. The molecule has 0 aromatic carbocycles. The SMILES string of the molecule is CCN(CC(=O)O)C(=O)C1CCCN1c1ncnc2sccc12. The summed E-state index contributed by atoms with van der Waals surface area (Å²) in [4.78, 5) is 36.6. The van der Waals surface area contributed by atoms with Crippen LogP contribution in [-0.4, -0.2) is 57.5 Å². The Kier molecular flexibility index (Phi) is 4.42. The fourth-order valence-corrected chi connectivity index (χ4v) is 3.73. The number of aliphatic carboxylic acids is 1. The van der Waals surface area contributed by atoms with Gasteiger partial charge in [0.15, 0.2) is 0 Å². The van der Waals surface area contributed by atoms with Crippen molar-refractivity contribution in [1.82, 2.24) is 14.9 Å². The van der Waals surface area contributed by atoms with Crippen molar-refractivity contribution in [1.29, 1.82) is 0 Å². The molecule has 1 aliphatic heterocycles. The van der Waals surface area contributed by atoms with Crippen LogP contribution in [-0.2, 0) is 9.59 Å². The number of thiophene rings is 1. The number of aromatic nitrogens is 2. The molecule has 23 heavy (non-hydrogen) atoms. The first-order valence-electron chi connectivity index (χ1n) is 7.57. The van der Waals surface area contributed by atoms with Gasteiger partial charge in [0.25, 0.3) is 0 Å². The number of hydrogen-bond donors (Lipinski definition) is 1. The normalized spacial score (nSPS) is 17.6. The molecular formula is C15H18N4O3S. The Balaban J connectivity index is 1.89. The number of nitrogens with zero attached hydrogens (tertiary/aromatic N) is 4. The number of rotatable bonds is 5. The molecule has 1 atom stereocenters. The second kappa shape index (κ2) is 6.49. The van der Waals surface area contributed by atoms with Gasteiger partial charge in [-0.3, -0.25) is 9.59 Å². The van der Waals surface area contributed by atoms with Gasteiger partial charge in [-0.2, -0.15) is 0 Å². The van der Waals surface area contributed by atoms with E-state index >= 15 is 0 Å². The smallest absolute Gasteiger partial charge is 0.323 e. The lowest BCUT2D eigenvalue weighted by atomic mass is 10.2. The van der Waals surface area contributed by atoms with E-state index in [1.54, 1.807) is 6.92 Å². The minimum Gasteiger partial charge on any atom is -0.480 e. The first kappa shape index (κ1) is 15.7. The molecule has 0 saturated carbocycles. The molecule has 0 bridgehead atoms. The lowest BCUT2D eigenvalue weighted by Gasteiger charge is -2.29. The number of likely N-dealkylation sites (N-methyl/N-ethyl adjacent to an activating group) is 1. The Bertz CT molecular complexity index is 732. The lowest BCUT2D eigenvalue weighted by Crippen LogP contribution is -2.47. The molecule has 2 aromatic rings. The lowest BCUT2D eigenvalue weighted by molar-refractivity contribution is -0.144. The van der Waals surface area contributed by atoms with Gasteiger partial charge in [-0.05, 0) is 31.2 Å². The second-order valence-corrected chi connectivity index (χ2v) is 6.33. The quantitative estimate of drug-likeness (QED) is 0.893. The van der Waals surface area contributed by atoms with E-state index in [4.69, 9.17) is 5.11 Å². The first-order valence-corrected chi connectivity index (χ1v) is 8.45. The minimum absolute atomic E-state index is 0.144. The van der Waals surface area contributed by atoms with Gasteiger partial charge >= 0.3 is 5.97 Å². The van der Waals surface area contributed by atoms with E-state index in [1.165, 1.54) is 22.6 Å². The van der Waals surface area contributed by atoms with Crippen molar-refractivity contribution in [3.8, 4) is 0 Å². The van der Waals surface area contributed by atoms with E-state index in [2.05, 4.69) is 9.97 Å². The third-order valence-electron chi connectivity index (χ3n) is 4.07. The Morgan fingerprint density at radius 3 is 3.04 bits per heavy atom. The zero-order valence-electron chi connectivity index (χ0n) is 12.8. The molecule has 3 heterocycles. The topological polar surface area (TPSA) is 86.6 Å². The van der Waals surface area contributed by atoms with Crippen LogP contribution >= 0.6 is 11.3 Å². The highest BCUT2D eigenvalue weighted by Gasteiger charge is 2.35. The summed E-state index contributed by atoms with van der Waals surface area (Å²) in [5.41, 5.74) is 0. The summed E-state index contributed by atoms with van der Waals surface area (Å²) in [7, 11) is 0. The van der Waals surface area contributed by atoms with Crippen molar-refractivity contribution in [2.45, 2.75) is 25.8 Å². The molecule has 0 aliphatic carbocycles. The Morgan fingerprint density at radius 2 is 2.30 bits per heavy atom. The van der Waals surface area contributed by atoms with Gasteiger partial charge in [0.1, 0.15) is 29.6 Å². The maximum absolute atomic E-state index is 12.8. The van der Waals surface area contributed by atoms with Gasteiger partial charge in [-0.25, -0.2) is 9.97 Å². The van der Waals surface area contributed by atoms with Crippen LogP contribution < -0.4 is 4.90 Å². The Hall–Kier alpha value is -2.22. The maximum Gasteiger partial charge on any atom is 0.323 e. The van der Waals surface area contributed by atoms with E-state index in [1.807, 2.05) is 16.3 Å². The average Bonchev–Trinajstić information content (AvgIpc) is 3.19. The van der Waals surface area contributed by atoms with Crippen molar-refractivity contribution in [3.63, 3.8) is 0 Å². The first-order chi connectivity index (χ1) is 11.1. The summed E-state index contributed by atoms with van der Waals surface area (Å²) >= 11 is 1.54. The van der Waals surface area contributed by atoms with Crippen LogP contribution in [0.3, 0.4) is 0 Å². The minimum atomic E-state index is -0.994. The van der Waals surface area contributed by atoms with Crippen LogP contribution in [0.2, 0.25) is 0 Å². The number of carboxylic acids is 1. The van der Waals surface area contributed by atoms with Crippen molar-refractivity contribution in [3.05, 3.63) is 17.8 Å².